The number of pyridine rings is 1. The number of benzene rings is 1. The second-order valence-corrected chi connectivity index (χ2v) is 9.41. The molecule has 1 unspecified atom stereocenters. The van der Waals surface area contributed by atoms with Gasteiger partial charge in [-0.25, -0.2) is 4.79 Å². The zero-order valence-corrected chi connectivity index (χ0v) is 18.1. The summed E-state index contributed by atoms with van der Waals surface area (Å²) in [6.07, 6.45) is 6.24. The van der Waals surface area contributed by atoms with Crippen LogP contribution in [-0.2, 0) is 11.2 Å². The number of carbonyl (C=O) groups excluding carboxylic acids is 1. The first-order valence-electron chi connectivity index (χ1n) is 10.7. The molecule has 1 aromatic carbocycles. The van der Waals surface area contributed by atoms with Gasteiger partial charge in [-0.15, -0.1) is 11.3 Å². The van der Waals surface area contributed by atoms with Crippen LogP contribution in [0.2, 0.25) is 0 Å². The van der Waals surface area contributed by atoms with E-state index in [-0.39, 0.29) is 23.7 Å². The van der Waals surface area contributed by atoms with Crippen LogP contribution >= 0.6 is 11.3 Å². The normalized spacial score (nSPS) is 18.4. The largest absolute Gasteiger partial charge is 0.462 e. The highest BCUT2D eigenvalue weighted by molar-refractivity contribution is 7.15. The molecule has 0 saturated heterocycles. The fourth-order valence-corrected chi connectivity index (χ4v) is 5.76. The number of aliphatic hydroxyl groups excluding tert-OH is 1. The molecule has 30 heavy (non-hydrogen) atoms. The van der Waals surface area contributed by atoms with E-state index in [0.29, 0.717) is 11.4 Å². The lowest BCUT2D eigenvalue weighted by Gasteiger charge is -2.16. The van der Waals surface area contributed by atoms with Crippen LogP contribution in [0.15, 0.2) is 29.2 Å². The first kappa shape index (κ1) is 19.5. The molecule has 1 fully saturated rings. The minimum absolute atomic E-state index is 0.109. The second-order valence-electron chi connectivity index (χ2n) is 8.32. The van der Waals surface area contributed by atoms with E-state index < -0.39 is 5.97 Å². The Hall–Kier alpha value is -2.44. The molecule has 0 radical (unpaired) electrons. The van der Waals surface area contributed by atoms with Gasteiger partial charge < -0.3 is 14.4 Å². The second kappa shape index (κ2) is 7.36. The van der Waals surface area contributed by atoms with Crippen LogP contribution in [0.5, 0.6) is 0 Å². The number of thiophene rings is 1. The Morgan fingerprint density at radius 2 is 2.07 bits per heavy atom. The number of ether oxygens (including phenoxy) is 1. The summed E-state index contributed by atoms with van der Waals surface area (Å²) in [6, 6.07) is 6.51. The topological polar surface area (TPSA) is 68.5 Å². The summed E-state index contributed by atoms with van der Waals surface area (Å²) in [6.45, 7) is 3.99. The van der Waals surface area contributed by atoms with Gasteiger partial charge in [0.25, 0.3) is 0 Å². The Bertz CT molecular complexity index is 1220. The molecule has 0 aliphatic heterocycles. The Labute approximate surface area is 178 Å². The quantitative estimate of drug-likeness (QED) is 0.605. The molecule has 2 aliphatic rings. The van der Waals surface area contributed by atoms with E-state index in [1.54, 1.807) is 24.5 Å². The predicted octanol–water partition coefficient (Wildman–Crippen LogP) is 4.92. The summed E-state index contributed by atoms with van der Waals surface area (Å²) in [4.78, 5) is 27.7. The zero-order chi connectivity index (χ0) is 21.0. The molecule has 5 nitrogen and oxygen atoms in total. The Balaban J connectivity index is 1.70. The van der Waals surface area contributed by atoms with Crippen molar-refractivity contribution in [3.63, 3.8) is 0 Å². The molecule has 1 saturated carbocycles. The molecule has 156 valence electrons. The number of carbonyl (C=O) groups is 1. The van der Waals surface area contributed by atoms with Gasteiger partial charge in [0, 0.05) is 27.4 Å². The fraction of sp³-hybridized carbons (Fsp3) is 0.417. The number of hydrogen-bond donors (Lipinski definition) is 1. The molecular formula is C24H25NO4S. The smallest absolute Gasteiger partial charge is 0.343 e. The van der Waals surface area contributed by atoms with Crippen molar-refractivity contribution in [1.29, 1.82) is 0 Å². The van der Waals surface area contributed by atoms with Crippen molar-refractivity contribution in [3.05, 3.63) is 56.2 Å². The van der Waals surface area contributed by atoms with Gasteiger partial charge in [0.1, 0.15) is 5.56 Å². The van der Waals surface area contributed by atoms with Crippen LogP contribution in [0.25, 0.3) is 21.3 Å². The van der Waals surface area contributed by atoms with Crippen molar-refractivity contribution in [1.82, 2.24) is 4.57 Å². The summed E-state index contributed by atoms with van der Waals surface area (Å²) in [7, 11) is 0. The van der Waals surface area contributed by atoms with Crippen LogP contribution in [0.4, 0.5) is 0 Å². The average molecular weight is 424 g/mol. The SMILES string of the molecule is CCOC(=O)c1cn(C2CC2)c2cc(-c3cc4c(s3)C(O)CCC4)c(C)cc2c1=O. The van der Waals surface area contributed by atoms with Gasteiger partial charge in [0.05, 0.1) is 18.2 Å². The third-order valence-corrected chi connectivity index (χ3v) is 7.46. The molecular weight excluding hydrogens is 398 g/mol. The van der Waals surface area contributed by atoms with Crippen molar-refractivity contribution in [2.24, 2.45) is 0 Å². The maximum Gasteiger partial charge on any atom is 0.343 e. The third kappa shape index (κ3) is 3.19. The van der Waals surface area contributed by atoms with Crippen molar-refractivity contribution < 1.29 is 14.6 Å². The van der Waals surface area contributed by atoms with E-state index in [9.17, 15) is 14.7 Å². The van der Waals surface area contributed by atoms with Gasteiger partial charge >= 0.3 is 5.97 Å². The van der Waals surface area contributed by atoms with Gasteiger partial charge in [0.2, 0.25) is 5.43 Å². The number of esters is 1. The number of hydrogen-bond acceptors (Lipinski definition) is 5. The van der Waals surface area contributed by atoms with Gasteiger partial charge in [-0.3, -0.25) is 4.79 Å². The monoisotopic (exact) mass is 423 g/mol. The molecule has 0 spiro atoms. The average Bonchev–Trinajstić information content (AvgIpc) is 3.47. The third-order valence-electron chi connectivity index (χ3n) is 6.15. The summed E-state index contributed by atoms with van der Waals surface area (Å²) in [5, 5.41) is 10.9. The first-order valence-corrected chi connectivity index (χ1v) is 11.5. The number of nitrogens with zero attached hydrogens (tertiary/aromatic N) is 1. The summed E-state index contributed by atoms with van der Waals surface area (Å²) in [5.41, 5.74) is 4.03. The summed E-state index contributed by atoms with van der Waals surface area (Å²) < 4.78 is 7.20. The van der Waals surface area contributed by atoms with E-state index in [1.165, 1.54) is 5.56 Å². The molecule has 1 atom stereocenters. The van der Waals surface area contributed by atoms with Crippen molar-refractivity contribution in [2.45, 2.75) is 58.1 Å². The number of aromatic nitrogens is 1. The van der Waals surface area contributed by atoms with Crippen LogP contribution < -0.4 is 5.43 Å². The van der Waals surface area contributed by atoms with E-state index >= 15 is 0 Å². The number of aliphatic hydroxyl groups is 1. The lowest BCUT2D eigenvalue weighted by atomic mass is 9.95. The lowest BCUT2D eigenvalue weighted by Crippen LogP contribution is -2.21. The van der Waals surface area contributed by atoms with Gasteiger partial charge in [-0.2, -0.15) is 0 Å². The highest BCUT2D eigenvalue weighted by Crippen LogP contribution is 2.43. The van der Waals surface area contributed by atoms with E-state index in [4.69, 9.17) is 4.74 Å². The number of fused-ring (bicyclic) bond motifs is 2. The highest BCUT2D eigenvalue weighted by Gasteiger charge is 2.28. The number of rotatable bonds is 4. The van der Waals surface area contributed by atoms with E-state index in [0.717, 1.165) is 58.5 Å². The summed E-state index contributed by atoms with van der Waals surface area (Å²) in [5.74, 6) is -0.555. The number of aryl methyl sites for hydroxylation is 2. The fourth-order valence-electron chi connectivity index (χ4n) is 4.45. The molecule has 6 heteroatoms. The van der Waals surface area contributed by atoms with Gasteiger partial charge in [-0.1, -0.05) is 0 Å². The van der Waals surface area contributed by atoms with Crippen LogP contribution in [-0.4, -0.2) is 22.2 Å². The van der Waals surface area contributed by atoms with Crippen molar-refractivity contribution in [2.75, 3.05) is 6.61 Å². The lowest BCUT2D eigenvalue weighted by molar-refractivity contribution is 0.0524. The van der Waals surface area contributed by atoms with Crippen molar-refractivity contribution >= 4 is 28.2 Å². The van der Waals surface area contributed by atoms with Gasteiger partial charge in [-0.05, 0) is 80.8 Å². The Morgan fingerprint density at radius 3 is 2.77 bits per heavy atom. The molecule has 1 N–H and O–H groups in total. The molecule has 2 heterocycles. The van der Waals surface area contributed by atoms with Crippen LogP contribution in [0.1, 0.15) is 71.1 Å². The standard InChI is InChI=1S/C24H25NO4S/c1-3-29-24(28)18-12-25(15-7-8-15)19-11-16(13(2)9-17(19)22(18)27)21-10-14-5-4-6-20(26)23(14)30-21/h9-12,15,20,26H,3-8H2,1-2H3. The minimum atomic E-state index is -0.555. The first-order chi connectivity index (χ1) is 14.5. The van der Waals surface area contributed by atoms with E-state index in [1.807, 2.05) is 13.0 Å². The Kier molecular flexibility index (Phi) is 4.79. The highest BCUT2D eigenvalue weighted by atomic mass is 32.1. The molecule has 0 amide bonds. The molecule has 3 aromatic rings. The summed E-state index contributed by atoms with van der Waals surface area (Å²) >= 11 is 1.66. The zero-order valence-electron chi connectivity index (χ0n) is 17.2. The molecule has 0 bridgehead atoms. The Morgan fingerprint density at radius 1 is 1.27 bits per heavy atom. The van der Waals surface area contributed by atoms with Crippen molar-refractivity contribution in [3.8, 4) is 10.4 Å². The molecule has 2 aliphatic carbocycles. The van der Waals surface area contributed by atoms with Gasteiger partial charge in [0.15, 0.2) is 0 Å². The van der Waals surface area contributed by atoms with Crippen LogP contribution in [0, 0.1) is 6.92 Å². The maximum atomic E-state index is 13.1. The minimum Gasteiger partial charge on any atom is -0.462 e. The predicted molar refractivity (Wildman–Crippen MR) is 118 cm³/mol. The van der Waals surface area contributed by atoms with E-state index in [2.05, 4.69) is 16.7 Å². The van der Waals surface area contributed by atoms with Crippen LogP contribution in [0.3, 0.4) is 0 Å². The molecule has 2 aromatic heterocycles. The molecule has 5 rings (SSSR count). The maximum absolute atomic E-state index is 13.1.